The zero-order valence-corrected chi connectivity index (χ0v) is 7.34. The van der Waals surface area contributed by atoms with Gasteiger partial charge in [-0.2, -0.15) is 0 Å². The predicted molar refractivity (Wildman–Crippen MR) is 47.7 cm³/mol. The molecular weight excluding hydrogens is 168 g/mol. The molecule has 4 nitrogen and oxygen atoms in total. The van der Waals surface area contributed by atoms with E-state index in [0.717, 1.165) is 30.5 Å². The number of nitrogens with one attached hydrogen (secondary N) is 1. The Kier molecular flexibility index (Phi) is 2.14. The first kappa shape index (κ1) is 8.44. The van der Waals surface area contributed by atoms with Gasteiger partial charge < -0.3 is 10.1 Å². The third-order valence-corrected chi connectivity index (χ3v) is 2.34. The van der Waals surface area contributed by atoms with Gasteiger partial charge >= 0.3 is 0 Å². The topological polar surface area (TPSA) is 66.0 Å². The van der Waals surface area contributed by atoms with Gasteiger partial charge in [0.05, 0.1) is 12.3 Å². The lowest BCUT2D eigenvalue weighted by atomic mass is 10.2. The molecule has 1 aliphatic carbocycles. The van der Waals surface area contributed by atoms with Crippen LogP contribution < -0.4 is 5.56 Å². The summed E-state index contributed by atoms with van der Waals surface area (Å²) in [4.78, 5) is 18.4. The maximum Gasteiger partial charge on any atom is 0.254 e. The zero-order valence-electron chi connectivity index (χ0n) is 7.34. The van der Waals surface area contributed by atoms with Crippen LogP contribution in [0.25, 0.3) is 0 Å². The summed E-state index contributed by atoms with van der Waals surface area (Å²) in [5, 5.41) is 8.70. The SMILES string of the molecule is O=c1[nH]c(CCO)nc2c1CCC2. The Morgan fingerprint density at radius 1 is 1.46 bits per heavy atom. The molecule has 1 aliphatic rings. The predicted octanol–water partition coefficient (Wildman–Crippen LogP) is -0.207. The Morgan fingerprint density at radius 3 is 3.08 bits per heavy atom. The molecule has 4 heteroatoms. The Hall–Kier alpha value is -1.16. The highest BCUT2D eigenvalue weighted by Gasteiger charge is 2.16. The second-order valence-corrected chi connectivity index (χ2v) is 3.27. The number of nitrogens with zero attached hydrogens (tertiary/aromatic N) is 1. The van der Waals surface area contributed by atoms with Crippen LogP contribution in [-0.2, 0) is 19.3 Å². The van der Waals surface area contributed by atoms with Crippen LogP contribution in [0.15, 0.2) is 4.79 Å². The highest BCUT2D eigenvalue weighted by atomic mass is 16.3. The van der Waals surface area contributed by atoms with Crippen LogP contribution in [0.5, 0.6) is 0 Å². The first-order valence-corrected chi connectivity index (χ1v) is 4.53. The molecule has 1 heterocycles. The smallest absolute Gasteiger partial charge is 0.254 e. The normalized spacial score (nSPS) is 14.5. The van der Waals surface area contributed by atoms with E-state index in [9.17, 15) is 4.79 Å². The average molecular weight is 180 g/mol. The molecule has 70 valence electrons. The number of aromatic nitrogens is 2. The molecule has 13 heavy (non-hydrogen) atoms. The molecule has 0 aliphatic heterocycles. The van der Waals surface area contributed by atoms with Gasteiger partial charge in [-0.3, -0.25) is 4.79 Å². The fourth-order valence-electron chi connectivity index (χ4n) is 1.72. The maximum absolute atomic E-state index is 11.4. The summed E-state index contributed by atoms with van der Waals surface area (Å²) in [6, 6.07) is 0. The summed E-state index contributed by atoms with van der Waals surface area (Å²) in [6.45, 7) is 0.0295. The molecule has 0 unspecified atom stereocenters. The molecular formula is C9H12N2O2. The van der Waals surface area contributed by atoms with E-state index >= 15 is 0 Å². The van der Waals surface area contributed by atoms with Crippen molar-refractivity contribution < 1.29 is 5.11 Å². The molecule has 2 N–H and O–H groups in total. The van der Waals surface area contributed by atoms with Crippen LogP contribution >= 0.6 is 0 Å². The second-order valence-electron chi connectivity index (χ2n) is 3.27. The van der Waals surface area contributed by atoms with Gasteiger partial charge in [0.1, 0.15) is 5.82 Å². The molecule has 1 aromatic heterocycles. The molecule has 0 aromatic carbocycles. The number of fused-ring (bicyclic) bond motifs is 1. The van der Waals surface area contributed by atoms with E-state index in [-0.39, 0.29) is 12.2 Å². The molecule has 0 amide bonds. The number of aryl methyl sites for hydroxylation is 1. The van der Waals surface area contributed by atoms with E-state index in [1.807, 2.05) is 0 Å². The van der Waals surface area contributed by atoms with Gasteiger partial charge in [-0.25, -0.2) is 4.98 Å². The van der Waals surface area contributed by atoms with Crippen molar-refractivity contribution >= 4 is 0 Å². The minimum absolute atomic E-state index is 0.0223. The van der Waals surface area contributed by atoms with Crippen LogP contribution in [0.3, 0.4) is 0 Å². The highest BCUT2D eigenvalue weighted by molar-refractivity contribution is 5.22. The quantitative estimate of drug-likeness (QED) is 0.662. The van der Waals surface area contributed by atoms with Gasteiger partial charge in [0.2, 0.25) is 0 Å². The number of aromatic amines is 1. The summed E-state index contributed by atoms with van der Waals surface area (Å²) in [5.41, 5.74) is 1.74. The van der Waals surface area contributed by atoms with Crippen LogP contribution in [-0.4, -0.2) is 21.7 Å². The third kappa shape index (κ3) is 1.49. The molecule has 0 radical (unpaired) electrons. The highest BCUT2D eigenvalue weighted by Crippen LogP contribution is 2.15. The van der Waals surface area contributed by atoms with E-state index in [1.165, 1.54) is 0 Å². The fraction of sp³-hybridized carbons (Fsp3) is 0.556. The Morgan fingerprint density at radius 2 is 2.31 bits per heavy atom. The molecule has 0 bridgehead atoms. The molecule has 0 saturated carbocycles. The third-order valence-electron chi connectivity index (χ3n) is 2.34. The summed E-state index contributed by atoms with van der Waals surface area (Å²) >= 11 is 0. The molecule has 0 spiro atoms. The van der Waals surface area contributed by atoms with Gasteiger partial charge in [0.15, 0.2) is 0 Å². The number of hydrogen-bond donors (Lipinski definition) is 2. The van der Waals surface area contributed by atoms with Crippen molar-refractivity contribution in [1.29, 1.82) is 0 Å². The monoisotopic (exact) mass is 180 g/mol. The van der Waals surface area contributed by atoms with Gasteiger partial charge in [0, 0.05) is 12.0 Å². The van der Waals surface area contributed by atoms with Gasteiger partial charge in [0.25, 0.3) is 5.56 Å². The van der Waals surface area contributed by atoms with Gasteiger partial charge in [-0.1, -0.05) is 0 Å². The lowest BCUT2D eigenvalue weighted by molar-refractivity contribution is 0.296. The van der Waals surface area contributed by atoms with E-state index in [4.69, 9.17) is 5.11 Å². The minimum Gasteiger partial charge on any atom is -0.396 e. The number of H-pyrrole nitrogens is 1. The first-order valence-electron chi connectivity index (χ1n) is 4.53. The van der Waals surface area contributed by atoms with Crippen molar-refractivity contribution in [2.24, 2.45) is 0 Å². The van der Waals surface area contributed by atoms with Crippen LogP contribution in [0.2, 0.25) is 0 Å². The van der Waals surface area contributed by atoms with Gasteiger partial charge in [-0.05, 0) is 19.3 Å². The molecule has 0 fully saturated rings. The van der Waals surface area contributed by atoms with E-state index in [1.54, 1.807) is 0 Å². The molecule has 0 atom stereocenters. The largest absolute Gasteiger partial charge is 0.396 e. The van der Waals surface area contributed by atoms with Crippen molar-refractivity contribution in [1.82, 2.24) is 9.97 Å². The summed E-state index contributed by atoms with van der Waals surface area (Å²) < 4.78 is 0. The Balaban J connectivity index is 2.44. The van der Waals surface area contributed by atoms with E-state index in [2.05, 4.69) is 9.97 Å². The lowest BCUT2D eigenvalue weighted by Gasteiger charge is -2.01. The van der Waals surface area contributed by atoms with Crippen LogP contribution in [0, 0.1) is 0 Å². The number of rotatable bonds is 2. The minimum atomic E-state index is -0.0223. The average Bonchev–Trinajstić information content (AvgIpc) is 2.53. The maximum atomic E-state index is 11.4. The Labute approximate surface area is 75.6 Å². The van der Waals surface area contributed by atoms with Crippen LogP contribution in [0.4, 0.5) is 0 Å². The number of hydrogen-bond acceptors (Lipinski definition) is 3. The number of aliphatic hydroxyl groups is 1. The second kappa shape index (κ2) is 3.30. The van der Waals surface area contributed by atoms with Crippen molar-refractivity contribution in [3.05, 3.63) is 27.4 Å². The first-order chi connectivity index (χ1) is 6.31. The standard InChI is InChI=1S/C9H12N2O2/c12-5-4-8-10-7-3-1-2-6(7)9(13)11-8/h12H,1-5H2,(H,10,11,13). The van der Waals surface area contributed by atoms with Crippen LogP contribution in [0.1, 0.15) is 23.5 Å². The zero-order chi connectivity index (χ0) is 9.26. The van der Waals surface area contributed by atoms with Crippen molar-refractivity contribution in [2.75, 3.05) is 6.61 Å². The summed E-state index contributed by atoms with van der Waals surface area (Å²) in [7, 11) is 0. The van der Waals surface area contributed by atoms with E-state index < -0.39 is 0 Å². The molecule has 0 saturated heterocycles. The molecule has 2 rings (SSSR count). The number of aliphatic hydroxyl groups excluding tert-OH is 1. The lowest BCUT2D eigenvalue weighted by Crippen LogP contribution is -2.17. The fourth-order valence-corrected chi connectivity index (χ4v) is 1.72. The van der Waals surface area contributed by atoms with Crippen molar-refractivity contribution in [3.8, 4) is 0 Å². The molecule has 1 aromatic rings. The summed E-state index contributed by atoms with van der Waals surface area (Å²) in [5.74, 6) is 0.605. The van der Waals surface area contributed by atoms with Gasteiger partial charge in [-0.15, -0.1) is 0 Å². The van der Waals surface area contributed by atoms with Crippen molar-refractivity contribution in [2.45, 2.75) is 25.7 Å². The van der Waals surface area contributed by atoms with E-state index in [0.29, 0.717) is 12.2 Å². The van der Waals surface area contributed by atoms with Crippen molar-refractivity contribution in [3.63, 3.8) is 0 Å². The Bertz CT molecular complexity index is 370. The summed E-state index contributed by atoms with van der Waals surface area (Å²) in [6.07, 6.45) is 3.20.